The lowest BCUT2D eigenvalue weighted by Gasteiger charge is -2.18. The average molecular weight is 952 g/mol. The van der Waals surface area contributed by atoms with Gasteiger partial charge in [-0.3, -0.25) is 14.4 Å². The van der Waals surface area contributed by atoms with Crippen LogP contribution in [0.1, 0.15) is 297 Å². The van der Waals surface area contributed by atoms with E-state index < -0.39 is 6.10 Å². The number of rotatable bonds is 53. The maximum absolute atomic E-state index is 12.9. The molecule has 0 amide bonds. The standard InChI is InChI=1S/C62H110O6/c1-4-7-10-13-16-19-22-25-28-30-31-32-35-37-40-43-46-49-52-55-61(64)67-58-59(57-66-60(63)54-51-48-45-42-39-36-33-27-24-21-18-15-12-9-6-3)68-62(65)56-53-50-47-44-41-38-34-29-26-23-20-17-14-11-8-5-2/h9,12,18,21,27,29,33-34,39,42,59H,4-8,10-11,13-17,19-20,22-26,28,30-32,35-38,40-41,43-58H2,1-3H3/b12-9-,21-18-,33-27-,34-29-,42-39-/t59-/m1/s1. The highest BCUT2D eigenvalue weighted by Crippen LogP contribution is 2.16. The lowest BCUT2D eigenvalue weighted by Crippen LogP contribution is -2.30. The Hall–Kier alpha value is -2.89. The summed E-state index contributed by atoms with van der Waals surface area (Å²) in [5.74, 6) is -0.927. The van der Waals surface area contributed by atoms with E-state index in [4.69, 9.17) is 14.2 Å². The van der Waals surface area contributed by atoms with Gasteiger partial charge in [0.25, 0.3) is 0 Å². The fraction of sp³-hybridized carbons (Fsp3) is 0.790. The van der Waals surface area contributed by atoms with E-state index in [1.165, 1.54) is 161 Å². The van der Waals surface area contributed by atoms with Crippen LogP contribution in [0.2, 0.25) is 0 Å². The molecule has 6 heteroatoms. The Kier molecular flexibility index (Phi) is 54.3. The van der Waals surface area contributed by atoms with Gasteiger partial charge in [-0.25, -0.2) is 0 Å². The molecule has 0 radical (unpaired) electrons. The van der Waals surface area contributed by atoms with Gasteiger partial charge in [0.15, 0.2) is 6.10 Å². The summed E-state index contributed by atoms with van der Waals surface area (Å²) in [5, 5.41) is 0. The second-order valence-electron chi connectivity index (χ2n) is 19.5. The molecule has 394 valence electrons. The topological polar surface area (TPSA) is 78.9 Å². The fourth-order valence-electron chi connectivity index (χ4n) is 8.37. The summed E-state index contributed by atoms with van der Waals surface area (Å²) in [7, 11) is 0. The van der Waals surface area contributed by atoms with Crippen LogP contribution in [0.25, 0.3) is 0 Å². The van der Waals surface area contributed by atoms with E-state index in [0.29, 0.717) is 19.3 Å². The molecule has 0 saturated carbocycles. The van der Waals surface area contributed by atoms with Crippen LogP contribution in [0.3, 0.4) is 0 Å². The Morgan fingerprint density at radius 1 is 0.309 bits per heavy atom. The number of esters is 3. The maximum Gasteiger partial charge on any atom is 0.306 e. The predicted molar refractivity (Wildman–Crippen MR) is 293 cm³/mol. The number of carbonyl (C=O) groups excluding carboxylic acids is 3. The van der Waals surface area contributed by atoms with Crippen LogP contribution < -0.4 is 0 Å². The van der Waals surface area contributed by atoms with Crippen molar-refractivity contribution in [3.63, 3.8) is 0 Å². The smallest absolute Gasteiger partial charge is 0.306 e. The van der Waals surface area contributed by atoms with Gasteiger partial charge >= 0.3 is 17.9 Å². The third-order valence-corrected chi connectivity index (χ3v) is 12.8. The molecular formula is C62H110O6. The van der Waals surface area contributed by atoms with Gasteiger partial charge in [-0.1, -0.05) is 255 Å². The van der Waals surface area contributed by atoms with Crippen molar-refractivity contribution in [3.05, 3.63) is 60.8 Å². The van der Waals surface area contributed by atoms with Crippen LogP contribution in [-0.2, 0) is 28.6 Å². The molecule has 0 spiro atoms. The molecule has 68 heavy (non-hydrogen) atoms. The van der Waals surface area contributed by atoms with Crippen molar-refractivity contribution in [3.8, 4) is 0 Å². The van der Waals surface area contributed by atoms with Crippen molar-refractivity contribution in [2.24, 2.45) is 0 Å². The summed E-state index contributed by atoms with van der Waals surface area (Å²) in [6, 6.07) is 0. The molecule has 0 aromatic heterocycles. The summed E-state index contributed by atoms with van der Waals surface area (Å²) in [6.45, 7) is 6.52. The van der Waals surface area contributed by atoms with Crippen molar-refractivity contribution in [1.82, 2.24) is 0 Å². The highest BCUT2D eigenvalue weighted by molar-refractivity contribution is 5.71. The van der Waals surface area contributed by atoms with E-state index in [9.17, 15) is 14.4 Å². The molecule has 0 aliphatic carbocycles. The number of unbranched alkanes of at least 4 members (excludes halogenated alkanes) is 32. The molecule has 6 nitrogen and oxygen atoms in total. The molecule has 0 N–H and O–H groups in total. The van der Waals surface area contributed by atoms with Gasteiger partial charge < -0.3 is 14.2 Å². The zero-order valence-corrected chi connectivity index (χ0v) is 45.1. The first-order valence-corrected chi connectivity index (χ1v) is 29.3. The summed E-state index contributed by atoms with van der Waals surface area (Å²) in [5.41, 5.74) is 0. The van der Waals surface area contributed by atoms with E-state index in [2.05, 4.69) is 81.5 Å². The molecule has 0 unspecified atom stereocenters. The Morgan fingerprint density at radius 3 is 0.941 bits per heavy atom. The molecule has 0 bridgehead atoms. The molecule has 0 aromatic carbocycles. The van der Waals surface area contributed by atoms with E-state index in [-0.39, 0.29) is 31.1 Å². The molecule has 0 saturated heterocycles. The van der Waals surface area contributed by atoms with Crippen LogP contribution in [0.15, 0.2) is 60.8 Å². The minimum absolute atomic E-state index is 0.0880. The molecule has 0 aromatic rings. The van der Waals surface area contributed by atoms with Crippen molar-refractivity contribution >= 4 is 17.9 Å². The quantitative estimate of drug-likeness (QED) is 0.0262. The molecule has 1 atom stereocenters. The van der Waals surface area contributed by atoms with E-state index in [1.54, 1.807) is 0 Å². The van der Waals surface area contributed by atoms with Crippen LogP contribution in [0, 0.1) is 0 Å². The van der Waals surface area contributed by atoms with E-state index >= 15 is 0 Å². The van der Waals surface area contributed by atoms with E-state index in [1.807, 2.05) is 0 Å². The maximum atomic E-state index is 12.9. The number of carbonyl (C=O) groups is 3. The van der Waals surface area contributed by atoms with Crippen LogP contribution in [0.5, 0.6) is 0 Å². The highest BCUT2D eigenvalue weighted by Gasteiger charge is 2.19. The van der Waals surface area contributed by atoms with Gasteiger partial charge in [-0.05, 0) is 83.5 Å². The van der Waals surface area contributed by atoms with Crippen LogP contribution in [0.4, 0.5) is 0 Å². The Bertz CT molecular complexity index is 1230. The fourth-order valence-corrected chi connectivity index (χ4v) is 8.37. The second-order valence-corrected chi connectivity index (χ2v) is 19.5. The van der Waals surface area contributed by atoms with Crippen molar-refractivity contribution < 1.29 is 28.6 Å². The number of ether oxygens (including phenoxy) is 3. The van der Waals surface area contributed by atoms with Crippen molar-refractivity contribution in [2.75, 3.05) is 13.2 Å². The first kappa shape index (κ1) is 65.1. The Morgan fingerprint density at radius 2 is 0.574 bits per heavy atom. The lowest BCUT2D eigenvalue weighted by atomic mass is 10.0. The minimum Gasteiger partial charge on any atom is -0.462 e. The van der Waals surface area contributed by atoms with Gasteiger partial charge in [-0.2, -0.15) is 0 Å². The van der Waals surface area contributed by atoms with Gasteiger partial charge in [0.1, 0.15) is 13.2 Å². The van der Waals surface area contributed by atoms with Crippen LogP contribution >= 0.6 is 0 Å². The van der Waals surface area contributed by atoms with Crippen LogP contribution in [-0.4, -0.2) is 37.2 Å². The summed E-state index contributed by atoms with van der Waals surface area (Å²) >= 11 is 0. The first-order valence-electron chi connectivity index (χ1n) is 29.3. The third kappa shape index (κ3) is 54.1. The van der Waals surface area contributed by atoms with Crippen molar-refractivity contribution in [1.29, 1.82) is 0 Å². The molecule has 0 aliphatic rings. The first-order chi connectivity index (χ1) is 33.5. The molecule has 0 heterocycles. The Balaban J connectivity index is 4.39. The highest BCUT2D eigenvalue weighted by atomic mass is 16.6. The van der Waals surface area contributed by atoms with Gasteiger partial charge in [-0.15, -0.1) is 0 Å². The lowest BCUT2D eigenvalue weighted by molar-refractivity contribution is -0.167. The van der Waals surface area contributed by atoms with Gasteiger partial charge in [0, 0.05) is 19.3 Å². The van der Waals surface area contributed by atoms with Gasteiger partial charge in [0.05, 0.1) is 0 Å². The molecule has 0 fully saturated rings. The zero-order chi connectivity index (χ0) is 49.3. The summed E-state index contributed by atoms with van der Waals surface area (Å²) in [6.07, 6.45) is 70.8. The number of allylic oxidation sites excluding steroid dienone is 10. The third-order valence-electron chi connectivity index (χ3n) is 12.8. The average Bonchev–Trinajstić information content (AvgIpc) is 3.34. The van der Waals surface area contributed by atoms with Gasteiger partial charge in [0.2, 0.25) is 0 Å². The normalized spacial score (nSPS) is 12.5. The Labute approximate surface area is 421 Å². The molecular weight excluding hydrogens is 841 g/mol. The second kappa shape index (κ2) is 56.7. The zero-order valence-electron chi connectivity index (χ0n) is 45.1. The number of hydrogen-bond acceptors (Lipinski definition) is 6. The summed E-state index contributed by atoms with van der Waals surface area (Å²) < 4.78 is 16.8. The van der Waals surface area contributed by atoms with E-state index in [0.717, 1.165) is 96.3 Å². The monoisotopic (exact) mass is 951 g/mol. The van der Waals surface area contributed by atoms with Crippen molar-refractivity contribution in [2.45, 2.75) is 303 Å². The molecule has 0 rings (SSSR count). The largest absolute Gasteiger partial charge is 0.462 e. The summed E-state index contributed by atoms with van der Waals surface area (Å²) in [4.78, 5) is 38.2. The predicted octanol–water partition coefficient (Wildman–Crippen LogP) is 19.6. The minimum atomic E-state index is -0.794. The number of hydrogen-bond donors (Lipinski definition) is 0. The molecule has 0 aliphatic heterocycles. The SMILES string of the molecule is CC/C=C\C/C=C\C/C=C\C/C=C\CCCCC(=O)OC[C@H](COC(=O)CCCCCCCCCCCCCCCCCCCCC)OC(=O)CCCCCCC/C=C\CCCCCCCCC.